The number of hydrogen-bond donors (Lipinski definition) is 1. The normalized spacial score (nSPS) is 11.4. The number of carbonyl (C=O) groups excluding carboxylic acids is 1. The Bertz CT molecular complexity index is 1420. The molecule has 5 nitrogen and oxygen atoms in total. The predicted molar refractivity (Wildman–Crippen MR) is 151 cm³/mol. The zero-order valence-electron chi connectivity index (χ0n) is 21.2. The number of benzene rings is 3. The minimum absolute atomic E-state index is 0.0311. The summed E-state index contributed by atoms with van der Waals surface area (Å²) in [6, 6.07) is 13.4. The third-order valence-corrected chi connectivity index (χ3v) is 7.21. The summed E-state index contributed by atoms with van der Waals surface area (Å²) in [5, 5.41) is 11.0. The Morgan fingerprint density at radius 1 is 0.892 bits per heavy atom. The Balaban J connectivity index is 1.76. The summed E-state index contributed by atoms with van der Waals surface area (Å²) in [7, 11) is 0. The van der Waals surface area contributed by atoms with Gasteiger partial charge >= 0.3 is 0 Å². The van der Waals surface area contributed by atoms with E-state index in [1.54, 1.807) is 12.1 Å². The van der Waals surface area contributed by atoms with Crippen molar-refractivity contribution >= 4 is 40.1 Å². The van der Waals surface area contributed by atoms with Crippen LogP contribution in [0.15, 0.2) is 57.7 Å². The van der Waals surface area contributed by atoms with Crippen molar-refractivity contribution in [1.29, 1.82) is 0 Å². The Kier molecular flexibility index (Phi) is 8.78. The highest BCUT2D eigenvalue weighted by Crippen LogP contribution is 2.43. The maximum absolute atomic E-state index is 13.4. The van der Waals surface area contributed by atoms with Gasteiger partial charge in [-0.2, -0.15) is 0 Å². The van der Waals surface area contributed by atoms with E-state index in [1.165, 1.54) is 12.1 Å². The molecule has 0 bridgehead atoms. The van der Waals surface area contributed by atoms with Crippen LogP contribution in [0.2, 0.25) is 10.0 Å². The topological polar surface area (TPSA) is 70.8 Å². The summed E-state index contributed by atoms with van der Waals surface area (Å²) < 4.78 is 5.93. The maximum Gasteiger partial charge on any atom is 0.253 e. The largest absolute Gasteiger partial charge is 0.506 e. The van der Waals surface area contributed by atoms with Crippen molar-refractivity contribution in [3.8, 4) is 28.2 Å². The van der Waals surface area contributed by atoms with Gasteiger partial charge in [-0.25, -0.2) is 0 Å². The van der Waals surface area contributed by atoms with E-state index in [-0.39, 0.29) is 27.1 Å². The van der Waals surface area contributed by atoms with Gasteiger partial charge in [0.25, 0.3) is 5.91 Å². The molecule has 0 fully saturated rings. The van der Waals surface area contributed by atoms with Gasteiger partial charge in [0.1, 0.15) is 17.1 Å². The number of amides is 1. The van der Waals surface area contributed by atoms with Gasteiger partial charge in [0.05, 0.1) is 10.0 Å². The first-order valence-electron chi connectivity index (χ1n) is 12.8. The quantitative estimate of drug-likeness (QED) is 0.162. The standard InChI is InChI=1S/C30H31Cl2NO4/c1-3-5-7-13-33(14-8-6-4-2)30(36)20-11-9-19(10-12-20)29-21-15-23(31)25(34)17-27(21)37-28-18-26(35)24(32)16-22(28)29/h9-12,15-18,34H,3-8,13-14H2,1-2H3. The average molecular weight is 540 g/mol. The summed E-state index contributed by atoms with van der Waals surface area (Å²) >= 11 is 12.4. The Labute approximate surface area is 227 Å². The molecule has 1 aliphatic heterocycles. The number of carbonyl (C=O) groups is 1. The molecule has 7 heteroatoms. The number of phenolic OH excluding ortho intramolecular Hbond substituents is 1. The molecule has 0 unspecified atom stereocenters. The predicted octanol–water partition coefficient (Wildman–Crippen LogP) is 8.40. The molecular weight excluding hydrogens is 509 g/mol. The molecule has 37 heavy (non-hydrogen) atoms. The van der Waals surface area contributed by atoms with Crippen molar-refractivity contribution in [2.75, 3.05) is 13.1 Å². The number of halogens is 2. The van der Waals surface area contributed by atoms with Crippen LogP contribution < -0.4 is 5.43 Å². The molecule has 0 spiro atoms. The lowest BCUT2D eigenvalue weighted by Gasteiger charge is -2.23. The number of rotatable bonds is 10. The van der Waals surface area contributed by atoms with Crippen LogP contribution >= 0.6 is 23.2 Å². The monoisotopic (exact) mass is 539 g/mol. The molecule has 2 aromatic carbocycles. The van der Waals surface area contributed by atoms with Crippen molar-refractivity contribution in [1.82, 2.24) is 4.90 Å². The second kappa shape index (κ2) is 12.0. The van der Waals surface area contributed by atoms with Crippen LogP contribution in [0.1, 0.15) is 62.7 Å². The Morgan fingerprint density at radius 3 is 2.16 bits per heavy atom. The fraction of sp³-hybridized carbons (Fsp3) is 0.333. The van der Waals surface area contributed by atoms with E-state index in [4.69, 9.17) is 27.6 Å². The molecule has 194 valence electrons. The van der Waals surface area contributed by atoms with E-state index in [0.29, 0.717) is 27.9 Å². The molecule has 0 radical (unpaired) electrons. The number of nitrogens with zero attached hydrogens (tertiary/aromatic N) is 1. The number of fused-ring (bicyclic) bond motifs is 2. The third kappa shape index (κ3) is 5.94. The summed E-state index contributed by atoms with van der Waals surface area (Å²) in [5.74, 6) is 0.257. The highest BCUT2D eigenvalue weighted by Gasteiger charge is 2.21. The van der Waals surface area contributed by atoms with E-state index in [2.05, 4.69) is 13.8 Å². The van der Waals surface area contributed by atoms with Gasteiger partial charge in [-0.15, -0.1) is 0 Å². The zero-order valence-corrected chi connectivity index (χ0v) is 22.7. The minimum Gasteiger partial charge on any atom is -0.506 e. The molecule has 0 atom stereocenters. The lowest BCUT2D eigenvalue weighted by atomic mass is 9.93. The van der Waals surface area contributed by atoms with E-state index in [9.17, 15) is 14.7 Å². The van der Waals surface area contributed by atoms with Crippen molar-refractivity contribution in [3.63, 3.8) is 0 Å². The molecule has 2 aliphatic rings. The highest BCUT2D eigenvalue weighted by atomic mass is 35.5. The van der Waals surface area contributed by atoms with Gasteiger partial charge in [-0.3, -0.25) is 9.59 Å². The van der Waals surface area contributed by atoms with Gasteiger partial charge in [0, 0.05) is 47.3 Å². The molecule has 1 amide bonds. The molecule has 1 heterocycles. The summed E-state index contributed by atoms with van der Waals surface area (Å²) in [4.78, 5) is 27.6. The summed E-state index contributed by atoms with van der Waals surface area (Å²) in [6.07, 6.45) is 6.40. The van der Waals surface area contributed by atoms with Crippen LogP contribution in [-0.2, 0) is 0 Å². The molecule has 0 saturated carbocycles. The van der Waals surface area contributed by atoms with Crippen LogP contribution in [-0.4, -0.2) is 29.0 Å². The Hall–Kier alpha value is -3.02. The van der Waals surface area contributed by atoms with Crippen molar-refractivity contribution in [2.24, 2.45) is 0 Å². The molecule has 1 N–H and O–H groups in total. The zero-order chi connectivity index (χ0) is 26.5. The minimum atomic E-state index is -0.353. The lowest BCUT2D eigenvalue weighted by molar-refractivity contribution is 0.0749. The third-order valence-electron chi connectivity index (χ3n) is 6.61. The van der Waals surface area contributed by atoms with Crippen LogP contribution in [0.5, 0.6) is 5.75 Å². The van der Waals surface area contributed by atoms with Crippen LogP contribution in [0.4, 0.5) is 0 Å². The number of unbranched alkanes of at least 4 members (excludes halogenated alkanes) is 4. The lowest BCUT2D eigenvalue weighted by Crippen LogP contribution is -2.33. The van der Waals surface area contributed by atoms with Crippen molar-refractivity contribution < 1.29 is 14.3 Å². The molecule has 1 aliphatic carbocycles. The first-order chi connectivity index (χ1) is 17.8. The number of hydrogen-bond acceptors (Lipinski definition) is 4. The van der Waals surface area contributed by atoms with E-state index < -0.39 is 0 Å². The SMILES string of the molecule is CCCCCN(CCCCC)C(=O)c1ccc(-c2c3cc(Cl)c(=O)cc-3oc3cc(O)c(Cl)cc23)cc1. The molecule has 2 aromatic rings. The second-order valence-corrected chi connectivity index (χ2v) is 10.2. The van der Waals surface area contributed by atoms with Gasteiger partial charge in [0.2, 0.25) is 5.43 Å². The molecule has 0 saturated heterocycles. The first kappa shape index (κ1) is 27.0. The van der Waals surface area contributed by atoms with E-state index in [0.717, 1.165) is 62.7 Å². The van der Waals surface area contributed by atoms with Crippen molar-refractivity contribution in [2.45, 2.75) is 52.4 Å². The van der Waals surface area contributed by atoms with Gasteiger partial charge in [-0.1, -0.05) is 74.9 Å². The Morgan fingerprint density at radius 2 is 1.54 bits per heavy atom. The molecule has 4 rings (SSSR count). The van der Waals surface area contributed by atoms with E-state index in [1.807, 2.05) is 29.2 Å². The van der Waals surface area contributed by atoms with Crippen LogP contribution in [0.25, 0.3) is 33.4 Å². The molecular formula is C30H31Cl2NO4. The second-order valence-electron chi connectivity index (χ2n) is 9.34. The van der Waals surface area contributed by atoms with Crippen LogP contribution in [0, 0.1) is 0 Å². The van der Waals surface area contributed by atoms with Crippen LogP contribution in [0.3, 0.4) is 0 Å². The summed E-state index contributed by atoms with van der Waals surface area (Å²) in [6.45, 7) is 5.83. The highest BCUT2D eigenvalue weighted by molar-refractivity contribution is 6.33. The fourth-order valence-electron chi connectivity index (χ4n) is 4.59. The smallest absolute Gasteiger partial charge is 0.253 e. The van der Waals surface area contributed by atoms with Crippen molar-refractivity contribution in [3.05, 3.63) is 74.4 Å². The summed E-state index contributed by atoms with van der Waals surface area (Å²) in [5.41, 5.74) is 2.85. The maximum atomic E-state index is 13.4. The first-order valence-corrected chi connectivity index (χ1v) is 13.6. The van der Waals surface area contributed by atoms with Gasteiger partial charge < -0.3 is 14.4 Å². The average Bonchev–Trinajstić information content (AvgIpc) is 2.88. The fourth-order valence-corrected chi connectivity index (χ4v) is 4.92. The number of phenols is 1. The number of aromatic hydroxyl groups is 1. The van der Waals surface area contributed by atoms with Gasteiger partial charge in [-0.05, 0) is 42.7 Å². The molecule has 0 aromatic heterocycles. The van der Waals surface area contributed by atoms with E-state index >= 15 is 0 Å². The van der Waals surface area contributed by atoms with Gasteiger partial charge in [0.15, 0.2) is 0 Å².